The van der Waals surface area contributed by atoms with E-state index in [0.29, 0.717) is 18.4 Å². The van der Waals surface area contributed by atoms with Gasteiger partial charge in [-0.2, -0.15) is 0 Å². The van der Waals surface area contributed by atoms with Crippen LogP contribution in [0.5, 0.6) is 0 Å². The number of benzene rings is 3. The fourth-order valence-electron chi connectivity index (χ4n) is 3.72. The van der Waals surface area contributed by atoms with Gasteiger partial charge in [0.1, 0.15) is 18.3 Å². The van der Waals surface area contributed by atoms with Gasteiger partial charge in [-0.1, -0.05) is 107 Å². The monoisotopic (exact) mass is 966 g/mol. The molecule has 0 radical (unpaired) electrons. The summed E-state index contributed by atoms with van der Waals surface area (Å²) >= 11 is 5.96. The molecule has 1 fully saturated rings. The number of halogens is 2. The second kappa shape index (κ2) is 36.6. The zero-order chi connectivity index (χ0) is 44.0. The third-order valence-corrected chi connectivity index (χ3v) is 9.35. The van der Waals surface area contributed by atoms with Crippen LogP contribution in [-0.2, 0) is 48.0 Å². The number of nitrogens with one attached hydrogen (secondary N) is 2. The van der Waals surface area contributed by atoms with Crippen molar-refractivity contribution in [1.29, 1.82) is 0 Å². The van der Waals surface area contributed by atoms with Gasteiger partial charge >= 0.3 is 57.4 Å². The predicted octanol–water partition coefficient (Wildman–Crippen LogP) is 3.63. The van der Waals surface area contributed by atoms with Crippen LogP contribution in [0.15, 0.2) is 96.6 Å². The number of ether oxygens (including phenoxy) is 1. The normalized spacial score (nSPS) is 13.1. The summed E-state index contributed by atoms with van der Waals surface area (Å²) in [5.41, 5.74) is 5.94. The van der Waals surface area contributed by atoms with Crippen molar-refractivity contribution < 1.29 is 106 Å². The van der Waals surface area contributed by atoms with Crippen LogP contribution in [0, 0.1) is 10.8 Å². The van der Waals surface area contributed by atoms with E-state index in [0.717, 1.165) is 30.9 Å². The molecular weight excluding hydrogens is 907 g/mol. The molecule has 58 heavy (non-hydrogen) atoms. The summed E-state index contributed by atoms with van der Waals surface area (Å²) < 4.78 is 4.68. The molecular formula is C42H61Br2KN2O11. The molecule has 16 heteroatoms. The quantitative estimate of drug-likeness (QED) is 0.0264. The summed E-state index contributed by atoms with van der Waals surface area (Å²) in [6.07, 6.45) is 1.83. The van der Waals surface area contributed by atoms with E-state index in [-0.39, 0.29) is 79.0 Å². The molecule has 1 saturated heterocycles. The molecule has 0 aliphatic carbocycles. The molecule has 2 atom stereocenters. The minimum absolute atomic E-state index is 0. The Labute approximate surface area is 403 Å². The van der Waals surface area contributed by atoms with Crippen molar-refractivity contribution in [3.8, 4) is 0 Å². The molecule has 1 aliphatic rings. The van der Waals surface area contributed by atoms with Crippen LogP contribution in [0.3, 0.4) is 0 Å². The Bertz CT molecular complexity index is 1570. The fourth-order valence-corrected chi connectivity index (χ4v) is 3.72. The third kappa shape index (κ3) is 29.9. The topological polar surface area (TPSA) is 230 Å². The van der Waals surface area contributed by atoms with Crippen molar-refractivity contribution in [1.82, 2.24) is 11.0 Å². The van der Waals surface area contributed by atoms with Crippen LogP contribution >= 0.6 is 31.9 Å². The first-order valence-corrected chi connectivity index (χ1v) is 19.0. The molecule has 0 saturated carbocycles. The van der Waals surface area contributed by atoms with Gasteiger partial charge in [-0.3, -0.25) is 19.6 Å². The number of cyclic esters (lactones) is 1. The van der Waals surface area contributed by atoms with Crippen LogP contribution in [0.4, 0.5) is 0 Å². The van der Waals surface area contributed by atoms with Crippen LogP contribution in [-0.4, -0.2) is 85.6 Å². The molecule has 320 valence electrons. The molecule has 7 N–H and O–H groups in total. The van der Waals surface area contributed by atoms with Crippen LogP contribution in [0.2, 0.25) is 0 Å². The standard InChI is InChI=1S/C12H17NO3.C12H14O2.C8H8O.C4H6Br2O.C4H6O.CH5NO.CH4O.K.H2O/c1-12(2,11(15)13-16)10(14)8-9-6-4-3-5-7-9;1-12(2)10(14-11(12)13)8-9-6-4-3-5-7-9;9-7-6-8-4-2-1-3-5-8;1-4(2,6)3(5)7;1-4(2)3-5;1-2-3;1-2;;/h3-7,10,14,16H,8H2,1-2H3,(H,13,15);3-7,10H,8H2,1-2H3;1-5,7H,6H2;1-2H3;1-2H3;2-3H,1H3;2H,1H3;;1H2/q;;;;;;;+1;/p-1. The van der Waals surface area contributed by atoms with Gasteiger partial charge in [0.25, 0.3) is 5.91 Å². The van der Waals surface area contributed by atoms with Gasteiger partial charge in [0.15, 0.2) is 0 Å². The fraction of sp³-hybridized carbons (Fsp3) is 0.429. The number of aliphatic hydroxyl groups excluding tert-OH is 2. The average Bonchev–Trinajstić information content (AvgIpc) is 3.17. The second-order valence-electron chi connectivity index (χ2n) is 13.6. The molecule has 1 amide bonds. The summed E-state index contributed by atoms with van der Waals surface area (Å²) in [6.45, 7) is 14.0. The van der Waals surface area contributed by atoms with Crippen molar-refractivity contribution in [3.63, 3.8) is 0 Å². The molecule has 1 aliphatic heterocycles. The SMILES string of the molecule is CC(C)(Br)C(=O)Br.CC(C)(C(=O)NO)C(O)Cc1ccccc1.CC(C)=C=O.CC1(C)C(=O)OC1Cc1ccccc1.CNO.CO.O=CCc1ccccc1.[K+].[OH-]. The molecule has 3 aromatic rings. The first-order chi connectivity index (χ1) is 26.1. The Kier molecular flexibility index (Phi) is 40.9. The molecule has 3 aromatic carbocycles. The van der Waals surface area contributed by atoms with Crippen molar-refractivity contribution in [2.45, 2.75) is 91.2 Å². The van der Waals surface area contributed by atoms with E-state index in [4.69, 9.17) is 20.3 Å². The smallest absolute Gasteiger partial charge is 0.870 e. The summed E-state index contributed by atoms with van der Waals surface area (Å²) in [6, 6.07) is 29.2. The Balaban J connectivity index is -0.000000204. The number of rotatable bonds is 9. The van der Waals surface area contributed by atoms with Gasteiger partial charge in [0, 0.05) is 32.6 Å². The molecule has 4 rings (SSSR count). The molecule has 0 aromatic heterocycles. The molecule has 2 unspecified atom stereocenters. The first kappa shape index (κ1) is 64.9. The first-order valence-electron chi connectivity index (χ1n) is 17.4. The number of carbonyl (C=O) groups excluding carboxylic acids is 5. The van der Waals surface area contributed by atoms with Gasteiger partial charge in [-0.15, -0.1) is 0 Å². The number of esters is 1. The molecule has 0 spiro atoms. The van der Waals surface area contributed by atoms with Crippen molar-refractivity contribution in [2.75, 3.05) is 14.2 Å². The maximum atomic E-state index is 11.3. The van der Waals surface area contributed by atoms with Gasteiger partial charge in [0.05, 0.1) is 21.3 Å². The van der Waals surface area contributed by atoms with Gasteiger partial charge in [-0.25, -0.2) is 15.8 Å². The zero-order valence-electron chi connectivity index (χ0n) is 35.5. The van der Waals surface area contributed by atoms with E-state index in [2.05, 4.69) is 44.0 Å². The maximum Gasteiger partial charge on any atom is 1.00 e. The Morgan fingerprint density at radius 1 is 0.879 bits per heavy atom. The largest absolute Gasteiger partial charge is 1.00 e. The van der Waals surface area contributed by atoms with Crippen molar-refractivity contribution in [3.05, 3.63) is 113 Å². The van der Waals surface area contributed by atoms with Crippen LogP contribution in [0.1, 0.15) is 72.1 Å². The number of hydroxylamine groups is 2. The second-order valence-corrected chi connectivity index (χ2v) is 16.3. The van der Waals surface area contributed by atoms with Gasteiger partial charge in [-0.05, 0) is 94.4 Å². The summed E-state index contributed by atoms with van der Waals surface area (Å²) in [5.74, 6) is 1.02. The van der Waals surface area contributed by atoms with Crippen LogP contribution < -0.4 is 62.3 Å². The Morgan fingerprint density at radius 3 is 1.50 bits per heavy atom. The number of hydrogen-bond donors (Lipinski definition) is 6. The van der Waals surface area contributed by atoms with Crippen molar-refractivity contribution >= 4 is 60.7 Å². The molecule has 13 nitrogen and oxygen atoms in total. The van der Waals surface area contributed by atoms with Crippen LogP contribution in [0.25, 0.3) is 0 Å². The minimum Gasteiger partial charge on any atom is -0.870 e. The summed E-state index contributed by atoms with van der Waals surface area (Å²) in [5, 5.41) is 32.9. The van der Waals surface area contributed by atoms with E-state index in [1.54, 1.807) is 58.4 Å². The molecule has 1 heterocycles. The van der Waals surface area contributed by atoms with Crippen molar-refractivity contribution in [2.24, 2.45) is 10.8 Å². The van der Waals surface area contributed by atoms with E-state index >= 15 is 0 Å². The van der Waals surface area contributed by atoms with E-state index in [1.807, 2.05) is 92.7 Å². The number of aldehydes is 1. The molecule has 0 bridgehead atoms. The number of alkyl halides is 1. The average molecular weight is 969 g/mol. The number of carbonyl (C=O) groups is 4. The Hall–Kier alpha value is -2.25. The number of aliphatic hydroxyl groups is 2. The van der Waals surface area contributed by atoms with Gasteiger partial charge < -0.3 is 30.4 Å². The zero-order valence-corrected chi connectivity index (χ0v) is 41.8. The maximum absolute atomic E-state index is 11.3. The number of allylic oxidation sites excluding steroid dienone is 1. The number of hydrogen-bond acceptors (Lipinski definition) is 12. The number of amides is 1. The van der Waals surface area contributed by atoms with E-state index in [9.17, 15) is 29.1 Å². The van der Waals surface area contributed by atoms with E-state index in [1.165, 1.54) is 12.6 Å². The van der Waals surface area contributed by atoms with E-state index < -0.39 is 21.8 Å². The third-order valence-electron chi connectivity index (χ3n) is 7.47. The predicted molar refractivity (Wildman–Crippen MR) is 228 cm³/mol. The van der Waals surface area contributed by atoms with Gasteiger partial charge in [0.2, 0.25) is 4.69 Å². The summed E-state index contributed by atoms with van der Waals surface area (Å²) in [4.78, 5) is 52.1. The summed E-state index contributed by atoms with van der Waals surface area (Å²) in [7, 11) is 2.43. The minimum atomic E-state index is -1.02. The Morgan fingerprint density at radius 2 is 1.22 bits per heavy atom.